The van der Waals surface area contributed by atoms with Gasteiger partial charge in [-0.25, -0.2) is 4.98 Å². The van der Waals surface area contributed by atoms with E-state index >= 15 is 0 Å². The van der Waals surface area contributed by atoms with Crippen LogP contribution in [0, 0.1) is 0 Å². The summed E-state index contributed by atoms with van der Waals surface area (Å²) in [5, 5.41) is 0.741. The third kappa shape index (κ3) is 2.40. The summed E-state index contributed by atoms with van der Waals surface area (Å²) >= 11 is 3.44. The molecule has 0 radical (unpaired) electrons. The van der Waals surface area contributed by atoms with E-state index in [9.17, 15) is 0 Å². The maximum absolute atomic E-state index is 6.21. The molecular formula is C18H17BrN2O2. The van der Waals surface area contributed by atoms with Gasteiger partial charge in [-0.15, -0.1) is 0 Å². The predicted octanol–water partition coefficient (Wildman–Crippen LogP) is 3.68. The second-order valence-electron chi connectivity index (χ2n) is 5.44. The number of para-hydroxylation sites is 2. The van der Waals surface area contributed by atoms with E-state index in [1.807, 2.05) is 48.5 Å². The predicted molar refractivity (Wildman–Crippen MR) is 92.7 cm³/mol. The van der Waals surface area contributed by atoms with Crippen LogP contribution in [0.4, 0.5) is 0 Å². The van der Waals surface area contributed by atoms with Gasteiger partial charge in [0.05, 0.1) is 24.2 Å². The fourth-order valence-corrected chi connectivity index (χ4v) is 3.30. The molecule has 0 fully saturated rings. The first-order valence-electron chi connectivity index (χ1n) is 7.70. The quantitative estimate of drug-likeness (QED) is 0.655. The molecule has 118 valence electrons. The lowest BCUT2D eigenvalue weighted by Gasteiger charge is -2.37. The molecule has 4 rings (SSSR count). The highest BCUT2D eigenvalue weighted by Crippen LogP contribution is 2.38. The van der Waals surface area contributed by atoms with Gasteiger partial charge in [0, 0.05) is 17.4 Å². The SMILES string of the molecule is BrCCOC1(c2ccccc2)OCCn2c1nc1ccccc12. The monoisotopic (exact) mass is 372 g/mol. The number of imidazole rings is 1. The Morgan fingerprint density at radius 2 is 1.91 bits per heavy atom. The van der Waals surface area contributed by atoms with E-state index in [4.69, 9.17) is 14.5 Å². The average molecular weight is 373 g/mol. The Bertz CT molecular complexity index is 818. The van der Waals surface area contributed by atoms with Crippen molar-refractivity contribution in [2.75, 3.05) is 18.5 Å². The van der Waals surface area contributed by atoms with Crippen molar-refractivity contribution in [3.8, 4) is 0 Å². The molecule has 1 aliphatic heterocycles. The van der Waals surface area contributed by atoms with Crippen LogP contribution in [0.1, 0.15) is 11.4 Å². The van der Waals surface area contributed by atoms with Crippen LogP contribution in [-0.2, 0) is 21.8 Å². The molecule has 1 aliphatic rings. The summed E-state index contributed by atoms with van der Waals surface area (Å²) in [4.78, 5) is 4.83. The molecule has 2 heterocycles. The maximum Gasteiger partial charge on any atom is 0.256 e. The molecule has 0 saturated carbocycles. The third-order valence-electron chi connectivity index (χ3n) is 4.11. The minimum absolute atomic E-state index is 0.540. The Morgan fingerprint density at radius 1 is 1.13 bits per heavy atom. The standard InChI is InChI=1S/C18H17BrN2O2/c19-10-12-22-18(14-6-2-1-3-7-14)17-20-15-8-4-5-9-16(15)21(17)11-13-23-18/h1-9H,10-13H2. The number of halogens is 1. The highest BCUT2D eigenvalue weighted by Gasteiger charge is 2.44. The molecule has 3 aromatic rings. The van der Waals surface area contributed by atoms with Gasteiger partial charge in [0.2, 0.25) is 0 Å². The minimum atomic E-state index is -0.952. The normalized spacial score (nSPS) is 20.6. The lowest BCUT2D eigenvalue weighted by molar-refractivity contribution is -0.232. The summed E-state index contributed by atoms with van der Waals surface area (Å²) in [5.74, 6) is -0.135. The van der Waals surface area contributed by atoms with Crippen molar-refractivity contribution in [3.63, 3.8) is 0 Å². The number of aromatic nitrogens is 2. The van der Waals surface area contributed by atoms with E-state index in [-0.39, 0.29) is 0 Å². The average Bonchev–Trinajstić information content (AvgIpc) is 3.00. The van der Waals surface area contributed by atoms with Gasteiger partial charge in [0.25, 0.3) is 5.79 Å². The molecule has 0 aliphatic carbocycles. The Hall–Kier alpha value is -1.69. The van der Waals surface area contributed by atoms with Crippen LogP contribution in [-0.4, -0.2) is 28.1 Å². The van der Waals surface area contributed by atoms with Gasteiger partial charge in [-0.05, 0) is 12.1 Å². The largest absolute Gasteiger partial charge is 0.339 e. The second kappa shape index (κ2) is 6.07. The summed E-state index contributed by atoms with van der Waals surface area (Å²) < 4.78 is 14.6. The topological polar surface area (TPSA) is 36.3 Å². The molecule has 1 unspecified atom stereocenters. The summed E-state index contributed by atoms with van der Waals surface area (Å²) in [6, 6.07) is 18.2. The number of ether oxygens (including phenoxy) is 2. The van der Waals surface area contributed by atoms with Crippen LogP contribution in [0.15, 0.2) is 54.6 Å². The van der Waals surface area contributed by atoms with E-state index in [0.29, 0.717) is 13.2 Å². The first kappa shape index (κ1) is 14.9. The van der Waals surface area contributed by atoms with Gasteiger partial charge in [0.15, 0.2) is 5.82 Å². The summed E-state index contributed by atoms with van der Waals surface area (Å²) in [6.07, 6.45) is 0. The van der Waals surface area contributed by atoms with Crippen molar-refractivity contribution in [2.45, 2.75) is 12.3 Å². The van der Waals surface area contributed by atoms with E-state index in [1.165, 1.54) is 0 Å². The van der Waals surface area contributed by atoms with Crippen LogP contribution >= 0.6 is 15.9 Å². The van der Waals surface area contributed by atoms with Crippen molar-refractivity contribution >= 4 is 27.0 Å². The van der Waals surface area contributed by atoms with E-state index in [0.717, 1.165) is 34.3 Å². The molecular weight excluding hydrogens is 356 g/mol. The number of hydrogen-bond acceptors (Lipinski definition) is 3. The molecule has 0 saturated heterocycles. The zero-order valence-electron chi connectivity index (χ0n) is 12.6. The Balaban J connectivity index is 1.94. The third-order valence-corrected chi connectivity index (χ3v) is 4.43. The highest BCUT2D eigenvalue weighted by atomic mass is 79.9. The van der Waals surface area contributed by atoms with Crippen molar-refractivity contribution in [3.05, 3.63) is 66.0 Å². The minimum Gasteiger partial charge on any atom is -0.339 e. The fraction of sp³-hybridized carbons (Fsp3) is 0.278. The van der Waals surface area contributed by atoms with Crippen molar-refractivity contribution in [1.82, 2.24) is 9.55 Å². The lowest BCUT2D eigenvalue weighted by atomic mass is 10.0. The first-order valence-corrected chi connectivity index (χ1v) is 8.82. The van der Waals surface area contributed by atoms with Gasteiger partial charge in [-0.1, -0.05) is 58.4 Å². The van der Waals surface area contributed by atoms with E-state index < -0.39 is 5.79 Å². The molecule has 0 bridgehead atoms. The van der Waals surface area contributed by atoms with Crippen LogP contribution in [0.5, 0.6) is 0 Å². The number of fused-ring (bicyclic) bond motifs is 3. The van der Waals surface area contributed by atoms with E-state index in [2.05, 4.69) is 26.6 Å². The van der Waals surface area contributed by atoms with Gasteiger partial charge in [-0.2, -0.15) is 0 Å². The lowest BCUT2D eigenvalue weighted by Crippen LogP contribution is -2.42. The number of hydrogen-bond donors (Lipinski definition) is 0. The summed E-state index contributed by atoms with van der Waals surface area (Å²) in [6.45, 7) is 1.91. The van der Waals surface area contributed by atoms with Gasteiger partial charge < -0.3 is 14.0 Å². The van der Waals surface area contributed by atoms with Gasteiger partial charge >= 0.3 is 0 Å². The van der Waals surface area contributed by atoms with Crippen LogP contribution in [0.2, 0.25) is 0 Å². The maximum atomic E-state index is 6.21. The van der Waals surface area contributed by atoms with Crippen molar-refractivity contribution < 1.29 is 9.47 Å². The van der Waals surface area contributed by atoms with Gasteiger partial charge in [0.1, 0.15) is 0 Å². The number of rotatable bonds is 4. The zero-order chi connectivity index (χ0) is 15.7. The molecule has 0 spiro atoms. The zero-order valence-corrected chi connectivity index (χ0v) is 14.2. The molecule has 0 N–H and O–H groups in total. The number of benzene rings is 2. The fourth-order valence-electron chi connectivity index (χ4n) is 3.14. The second-order valence-corrected chi connectivity index (χ2v) is 6.24. The summed E-state index contributed by atoms with van der Waals surface area (Å²) in [5.41, 5.74) is 3.06. The number of alkyl halides is 1. The smallest absolute Gasteiger partial charge is 0.256 e. The summed E-state index contributed by atoms with van der Waals surface area (Å²) in [7, 11) is 0. The molecule has 1 aromatic heterocycles. The molecule has 4 nitrogen and oxygen atoms in total. The molecule has 0 amide bonds. The van der Waals surface area contributed by atoms with Crippen LogP contribution in [0.25, 0.3) is 11.0 Å². The first-order chi connectivity index (χ1) is 11.3. The molecule has 23 heavy (non-hydrogen) atoms. The molecule has 5 heteroatoms. The van der Waals surface area contributed by atoms with Crippen LogP contribution < -0.4 is 0 Å². The molecule has 2 aromatic carbocycles. The van der Waals surface area contributed by atoms with Crippen LogP contribution in [0.3, 0.4) is 0 Å². The van der Waals surface area contributed by atoms with Gasteiger partial charge in [-0.3, -0.25) is 0 Å². The number of nitrogens with zero attached hydrogens (tertiary/aromatic N) is 2. The van der Waals surface area contributed by atoms with E-state index in [1.54, 1.807) is 0 Å². The molecule has 1 atom stereocenters. The van der Waals surface area contributed by atoms with Crippen molar-refractivity contribution in [2.24, 2.45) is 0 Å². The Labute approximate surface area is 143 Å². The highest BCUT2D eigenvalue weighted by molar-refractivity contribution is 9.09. The Kier molecular flexibility index (Phi) is 3.93. The Morgan fingerprint density at radius 3 is 2.74 bits per heavy atom. The van der Waals surface area contributed by atoms with Crippen molar-refractivity contribution in [1.29, 1.82) is 0 Å².